The van der Waals surface area contributed by atoms with Crippen LogP contribution < -0.4 is 10.6 Å². The second-order valence-corrected chi connectivity index (χ2v) is 5.90. The van der Waals surface area contributed by atoms with Crippen LogP contribution in [0.2, 0.25) is 5.02 Å². The van der Waals surface area contributed by atoms with Crippen molar-refractivity contribution in [2.24, 2.45) is 0 Å². The van der Waals surface area contributed by atoms with E-state index in [2.05, 4.69) is 22.8 Å². The quantitative estimate of drug-likeness (QED) is 0.873. The molecule has 0 radical (unpaired) electrons. The van der Waals surface area contributed by atoms with Crippen molar-refractivity contribution in [1.29, 1.82) is 0 Å². The van der Waals surface area contributed by atoms with Gasteiger partial charge in [0.15, 0.2) is 0 Å². The molecule has 1 saturated carbocycles. The summed E-state index contributed by atoms with van der Waals surface area (Å²) in [5.74, 6) is 0. The molecule has 0 heterocycles. The fourth-order valence-electron chi connectivity index (χ4n) is 2.47. The Morgan fingerprint density at radius 2 is 1.71 bits per heavy atom. The third-order valence-corrected chi connectivity index (χ3v) is 4.18. The molecule has 0 bridgehead atoms. The van der Waals surface area contributed by atoms with Crippen molar-refractivity contribution in [3.05, 3.63) is 65.2 Å². The highest BCUT2D eigenvalue weighted by molar-refractivity contribution is 6.30. The highest BCUT2D eigenvalue weighted by Crippen LogP contribution is 2.47. The van der Waals surface area contributed by atoms with Crippen molar-refractivity contribution >= 4 is 23.3 Å². The molecule has 1 aliphatic rings. The minimum absolute atomic E-state index is 0.124. The first-order valence-electron chi connectivity index (χ1n) is 7.04. The van der Waals surface area contributed by atoms with Crippen LogP contribution in [0.15, 0.2) is 54.6 Å². The van der Waals surface area contributed by atoms with Gasteiger partial charge >= 0.3 is 6.03 Å². The third-order valence-electron chi connectivity index (χ3n) is 3.93. The van der Waals surface area contributed by atoms with E-state index in [1.807, 2.05) is 18.2 Å². The number of amides is 2. The zero-order valence-corrected chi connectivity index (χ0v) is 12.4. The van der Waals surface area contributed by atoms with Gasteiger partial charge < -0.3 is 10.6 Å². The predicted octanol–water partition coefficient (Wildman–Crippen LogP) is 4.19. The standard InChI is InChI=1S/C17H17ClN2O/c18-14-6-8-15(9-7-14)20-16(21)19-12-17(10-11-17)13-4-2-1-3-5-13/h1-9H,10-12H2,(H2,19,20,21). The van der Waals surface area contributed by atoms with Gasteiger partial charge in [-0.15, -0.1) is 0 Å². The Morgan fingerprint density at radius 1 is 1.05 bits per heavy atom. The van der Waals surface area contributed by atoms with Gasteiger partial charge in [-0.25, -0.2) is 4.79 Å². The van der Waals surface area contributed by atoms with Crippen LogP contribution in [0.4, 0.5) is 10.5 Å². The molecule has 21 heavy (non-hydrogen) atoms. The van der Waals surface area contributed by atoms with Crippen molar-refractivity contribution in [2.45, 2.75) is 18.3 Å². The molecule has 2 N–H and O–H groups in total. The van der Waals surface area contributed by atoms with Gasteiger partial charge in [0.25, 0.3) is 0 Å². The average Bonchev–Trinajstić information content (AvgIpc) is 3.30. The number of hydrogen-bond acceptors (Lipinski definition) is 1. The minimum atomic E-state index is -0.181. The van der Waals surface area contributed by atoms with Gasteiger partial charge in [-0.1, -0.05) is 41.9 Å². The van der Waals surface area contributed by atoms with E-state index in [0.29, 0.717) is 11.6 Å². The van der Waals surface area contributed by atoms with Gasteiger partial charge in [-0.05, 0) is 42.7 Å². The second kappa shape index (κ2) is 5.78. The Labute approximate surface area is 129 Å². The lowest BCUT2D eigenvalue weighted by atomic mass is 9.96. The van der Waals surface area contributed by atoms with E-state index in [-0.39, 0.29) is 11.4 Å². The molecule has 2 aromatic carbocycles. The number of anilines is 1. The molecule has 0 spiro atoms. The molecule has 0 atom stereocenters. The highest BCUT2D eigenvalue weighted by Gasteiger charge is 2.44. The first-order chi connectivity index (χ1) is 10.2. The van der Waals surface area contributed by atoms with E-state index in [1.165, 1.54) is 5.56 Å². The molecule has 108 valence electrons. The van der Waals surface area contributed by atoms with Crippen LogP contribution in [0.1, 0.15) is 18.4 Å². The molecule has 1 fully saturated rings. The number of rotatable bonds is 4. The van der Waals surface area contributed by atoms with Crippen LogP contribution in [0.25, 0.3) is 0 Å². The topological polar surface area (TPSA) is 41.1 Å². The average molecular weight is 301 g/mol. The summed E-state index contributed by atoms with van der Waals surface area (Å²) in [6, 6.07) is 17.3. The number of carbonyl (C=O) groups excluding carboxylic acids is 1. The molecular weight excluding hydrogens is 284 g/mol. The first kappa shape index (κ1) is 14.0. The summed E-state index contributed by atoms with van der Waals surface area (Å²) in [5, 5.41) is 6.43. The zero-order chi connectivity index (χ0) is 14.7. The number of hydrogen-bond donors (Lipinski definition) is 2. The number of nitrogens with one attached hydrogen (secondary N) is 2. The van der Waals surface area contributed by atoms with Crippen LogP contribution in [0.3, 0.4) is 0 Å². The number of carbonyl (C=O) groups is 1. The van der Waals surface area contributed by atoms with E-state index in [0.717, 1.165) is 18.5 Å². The summed E-state index contributed by atoms with van der Waals surface area (Å²) in [7, 11) is 0. The van der Waals surface area contributed by atoms with Crippen molar-refractivity contribution in [3.63, 3.8) is 0 Å². The van der Waals surface area contributed by atoms with Crippen molar-refractivity contribution < 1.29 is 4.79 Å². The fourth-order valence-corrected chi connectivity index (χ4v) is 2.59. The summed E-state index contributed by atoms with van der Waals surface area (Å²) in [4.78, 5) is 11.9. The maximum Gasteiger partial charge on any atom is 0.319 e. The van der Waals surface area contributed by atoms with Gasteiger partial charge in [-0.2, -0.15) is 0 Å². The Balaban J connectivity index is 1.56. The summed E-state index contributed by atoms with van der Waals surface area (Å²) in [6.45, 7) is 0.663. The summed E-state index contributed by atoms with van der Waals surface area (Å²) >= 11 is 5.82. The zero-order valence-electron chi connectivity index (χ0n) is 11.6. The van der Waals surface area contributed by atoms with E-state index in [9.17, 15) is 4.79 Å². The van der Waals surface area contributed by atoms with Gasteiger partial charge in [0, 0.05) is 22.7 Å². The lowest BCUT2D eigenvalue weighted by Gasteiger charge is -2.17. The molecule has 2 amide bonds. The Hall–Kier alpha value is -2.00. The minimum Gasteiger partial charge on any atom is -0.337 e. The Bertz CT molecular complexity index is 621. The Kier molecular flexibility index (Phi) is 3.84. The van der Waals surface area contributed by atoms with Gasteiger partial charge in [0.05, 0.1) is 0 Å². The van der Waals surface area contributed by atoms with Crippen LogP contribution in [-0.4, -0.2) is 12.6 Å². The smallest absolute Gasteiger partial charge is 0.319 e. The fraction of sp³-hybridized carbons (Fsp3) is 0.235. The molecule has 0 unspecified atom stereocenters. The van der Waals surface area contributed by atoms with E-state index in [1.54, 1.807) is 24.3 Å². The summed E-state index contributed by atoms with van der Waals surface area (Å²) in [6.07, 6.45) is 2.25. The van der Waals surface area contributed by atoms with Gasteiger partial charge in [0.2, 0.25) is 0 Å². The predicted molar refractivity (Wildman–Crippen MR) is 85.8 cm³/mol. The highest BCUT2D eigenvalue weighted by atomic mass is 35.5. The molecule has 0 aromatic heterocycles. The van der Waals surface area contributed by atoms with Crippen molar-refractivity contribution in [1.82, 2.24) is 5.32 Å². The van der Waals surface area contributed by atoms with Crippen LogP contribution in [0, 0.1) is 0 Å². The van der Waals surface area contributed by atoms with E-state index < -0.39 is 0 Å². The molecular formula is C17H17ClN2O. The van der Waals surface area contributed by atoms with Crippen molar-refractivity contribution in [3.8, 4) is 0 Å². The van der Waals surface area contributed by atoms with E-state index >= 15 is 0 Å². The van der Waals surface area contributed by atoms with Crippen LogP contribution in [0.5, 0.6) is 0 Å². The number of urea groups is 1. The maximum atomic E-state index is 11.9. The first-order valence-corrected chi connectivity index (χ1v) is 7.42. The molecule has 1 aliphatic carbocycles. The number of halogens is 1. The van der Waals surface area contributed by atoms with Crippen LogP contribution >= 0.6 is 11.6 Å². The third kappa shape index (κ3) is 3.37. The molecule has 0 saturated heterocycles. The normalized spacial score (nSPS) is 15.3. The largest absolute Gasteiger partial charge is 0.337 e. The molecule has 0 aliphatic heterocycles. The lowest BCUT2D eigenvalue weighted by Crippen LogP contribution is -2.35. The van der Waals surface area contributed by atoms with Crippen molar-refractivity contribution in [2.75, 3.05) is 11.9 Å². The molecule has 3 nitrogen and oxygen atoms in total. The molecule has 2 aromatic rings. The maximum absolute atomic E-state index is 11.9. The van der Waals surface area contributed by atoms with Crippen LogP contribution in [-0.2, 0) is 5.41 Å². The number of benzene rings is 2. The summed E-state index contributed by atoms with van der Waals surface area (Å²) in [5.41, 5.74) is 2.16. The molecule has 3 rings (SSSR count). The lowest BCUT2D eigenvalue weighted by molar-refractivity contribution is 0.251. The second-order valence-electron chi connectivity index (χ2n) is 5.46. The molecule has 4 heteroatoms. The van der Waals surface area contributed by atoms with Gasteiger partial charge in [0.1, 0.15) is 0 Å². The summed E-state index contributed by atoms with van der Waals surface area (Å²) < 4.78 is 0. The Morgan fingerprint density at radius 3 is 2.33 bits per heavy atom. The SMILES string of the molecule is O=C(NCC1(c2ccccc2)CC1)Nc1ccc(Cl)cc1. The monoisotopic (exact) mass is 300 g/mol. The van der Waals surface area contributed by atoms with Gasteiger partial charge in [-0.3, -0.25) is 0 Å². The van der Waals surface area contributed by atoms with E-state index in [4.69, 9.17) is 11.6 Å².